The number of hydrogen-bond acceptors (Lipinski definition) is 4. The number of amides is 2. The second-order valence-electron chi connectivity index (χ2n) is 4.92. The van der Waals surface area contributed by atoms with Crippen LogP contribution in [0.5, 0.6) is 5.75 Å². The standard InChI is InChI=1S/C16H17N5O2/c1-3-14-19-20-15-9-6-12(10-21(14)15)18-16(22)17-11-4-7-13(23-2)8-5-11/h4-10H,3H2,1-2H3,(H2,17,18,22). The molecule has 0 atom stereocenters. The Morgan fingerprint density at radius 2 is 1.78 bits per heavy atom. The predicted molar refractivity (Wildman–Crippen MR) is 88.0 cm³/mol. The van der Waals surface area contributed by atoms with E-state index in [2.05, 4.69) is 20.8 Å². The maximum Gasteiger partial charge on any atom is 0.323 e. The molecule has 23 heavy (non-hydrogen) atoms. The largest absolute Gasteiger partial charge is 0.497 e. The van der Waals surface area contributed by atoms with Gasteiger partial charge in [-0.05, 0) is 36.4 Å². The second kappa shape index (κ2) is 6.35. The monoisotopic (exact) mass is 311 g/mol. The van der Waals surface area contributed by atoms with Gasteiger partial charge >= 0.3 is 6.03 Å². The van der Waals surface area contributed by atoms with Gasteiger partial charge in [-0.15, -0.1) is 10.2 Å². The number of aromatic nitrogens is 3. The molecule has 0 spiro atoms. The fourth-order valence-electron chi connectivity index (χ4n) is 2.22. The van der Waals surface area contributed by atoms with Gasteiger partial charge in [0, 0.05) is 18.3 Å². The summed E-state index contributed by atoms with van der Waals surface area (Å²) in [5.74, 6) is 1.58. The molecule has 0 saturated heterocycles. The van der Waals surface area contributed by atoms with Crippen molar-refractivity contribution in [2.24, 2.45) is 0 Å². The number of hydrogen-bond donors (Lipinski definition) is 2. The van der Waals surface area contributed by atoms with Crippen molar-refractivity contribution in [2.45, 2.75) is 13.3 Å². The van der Waals surface area contributed by atoms with Crippen LogP contribution in [-0.4, -0.2) is 27.7 Å². The van der Waals surface area contributed by atoms with Crippen LogP contribution >= 0.6 is 0 Å². The number of carbonyl (C=O) groups is 1. The number of methoxy groups -OCH3 is 1. The first-order chi connectivity index (χ1) is 11.2. The van der Waals surface area contributed by atoms with E-state index in [0.29, 0.717) is 11.4 Å². The quantitative estimate of drug-likeness (QED) is 0.776. The Hall–Kier alpha value is -3.09. The van der Waals surface area contributed by atoms with Crippen LogP contribution in [-0.2, 0) is 6.42 Å². The highest BCUT2D eigenvalue weighted by molar-refractivity contribution is 5.99. The lowest BCUT2D eigenvalue weighted by Gasteiger charge is -2.09. The molecule has 0 saturated carbocycles. The van der Waals surface area contributed by atoms with Gasteiger partial charge in [0.25, 0.3) is 0 Å². The summed E-state index contributed by atoms with van der Waals surface area (Å²) < 4.78 is 6.95. The summed E-state index contributed by atoms with van der Waals surface area (Å²) in [4.78, 5) is 12.1. The smallest absolute Gasteiger partial charge is 0.323 e. The Morgan fingerprint density at radius 3 is 2.48 bits per heavy atom. The maximum absolute atomic E-state index is 12.1. The zero-order valence-electron chi connectivity index (χ0n) is 12.9. The van der Waals surface area contributed by atoms with E-state index in [-0.39, 0.29) is 6.03 Å². The van der Waals surface area contributed by atoms with Crippen LogP contribution in [0, 0.1) is 0 Å². The highest BCUT2D eigenvalue weighted by Crippen LogP contribution is 2.16. The highest BCUT2D eigenvalue weighted by Gasteiger charge is 2.07. The van der Waals surface area contributed by atoms with Crippen molar-refractivity contribution in [3.63, 3.8) is 0 Å². The summed E-state index contributed by atoms with van der Waals surface area (Å²) in [6.45, 7) is 2.01. The fourth-order valence-corrected chi connectivity index (χ4v) is 2.22. The molecule has 118 valence electrons. The number of fused-ring (bicyclic) bond motifs is 1. The van der Waals surface area contributed by atoms with E-state index < -0.39 is 0 Å². The van der Waals surface area contributed by atoms with Gasteiger partial charge in [-0.1, -0.05) is 6.92 Å². The van der Waals surface area contributed by atoms with E-state index in [4.69, 9.17) is 4.74 Å². The molecule has 0 aliphatic heterocycles. The normalized spacial score (nSPS) is 10.5. The van der Waals surface area contributed by atoms with Gasteiger partial charge in [-0.2, -0.15) is 0 Å². The van der Waals surface area contributed by atoms with E-state index >= 15 is 0 Å². The Morgan fingerprint density at radius 1 is 1.09 bits per heavy atom. The average molecular weight is 311 g/mol. The van der Waals surface area contributed by atoms with Crippen LogP contribution in [0.3, 0.4) is 0 Å². The van der Waals surface area contributed by atoms with Gasteiger partial charge < -0.3 is 15.4 Å². The van der Waals surface area contributed by atoms with Gasteiger partial charge in [-0.25, -0.2) is 4.79 Å². The second-order valence-corrected chi connectivity index (χ2v) is 4.92. The number of pyridine rings is 1. The Kier molecular flexibility index (Phi) is 4.09. The van der Waals surface area contributed by atoms with Crippen molar-refractivity contribution in [1.29, 1.82) is 0 Å². The van der Waals surface area contributed by atoms with Crippen molar-refractivity contribution < 1.29 is 9.53 Å². The van der Waals surface area contributed by atoms with Crippen molar-refractivity contribution in [3.8, 4) is 5.75 Å². The summed E-state index contributed by atoms with van der Waals surface area (Å²) in [5.41, 5.74) is 2.10. The lowest BCUT2D eigenvalue weighted by Crippen LogP contribution is -2.19. The highest BCUT2D eigenvalue weighted by atomic mass is 16.5. The molecule has 2 amide bonds. The lowest BCUT2D eigenvalue weighted by molar-refractivity contribution is 0.262. The van der Waals surface area contributed by atoms with E-state index in [1.54, 1.807) is 37.4 Å². The molecule has 2 N–H and O–H groups in total. The first-order valence-electron chi connectivity index (χ1n) is 7.25. The summed E-state index contributed by atoms with van der Waals surface area (Å²) in [6.07, 6.45) is 2.57. The molecular formula is C16H17N5O2. The molecule has 0 radical (unpaired) electrons. The third kappa shape index (κ3) is 3.23. The number of nitrogens with one attached hydrogen (secondary N) is 2. The zero-order valence-corrected chi connectivity index (χ0v) is 12.9. The Balaban J connectivity index is 1.71. The summed E-state index contributed by atoms with van der Waals surface area (Å²) in [7, 11) is 1.60. The number of nitrogens with zero attached hydrogens (tertiary/aromatic N) is 3. The number of ether oxygens (including phenoxy) is 1. The first kappa shape index (κ1) is 14.8. The number of aryl methyl sites for hydroxylation is 1. The van der Waals surface area contributed by atoms with Crippen LogP contribution in [0.2, 0.25) is 0 Å². The van der Waals surface area contributed by atoms with E-state index in [1.165, 1.54) is 0 Å². The molecule has 1 aromatic carbocycles. The minimum absolute atomic E-state index is 0.319. The molecule has 7 heteroatoms. The molecule has 7 nitrogen and oxygen atoms in total. The average Bonchev–Trinajstić information content (AvgIpc) is 2.97. The van der Waals surface area contributed by atoms with Crippen LogP contribution in [0.15, 0.2) is 42.6 Å². The third-order valence-corrected chi connectivity index (χ3v) is 3.39. The van der Waals surface area contributed by atoms with Gasteiger partial charge in [0.2, 0.25) is 0 Å². The van der Waals surface area contributed by atoms with Gasteiger partial charge in [-0.3, -0.25) is 4.40 Å². The minimum atomic E-state index is -0.319. The Bertz CT molecular complexity index is 826. The molecule has 0 bridgehead atoms. The summed E-state index contributed by atoms with van der Waals surface area (Å²) in [6, 6.07) is 10.4. The molecular weight excluding hydrogens is 294 g/mol. The van der Waals surface area contributed by atoms with Crippen LogP contribution in [0.25, 0.3) is 5.65 Å². The Labute approximate surface area is 133 Å². The SMILES string of the molecule is CCc1nnc2ccc(NC(=O)Nc3ccc(OC)cc3)cn12. The molecule has 3 aromatic rings. The fraction of sp³-hybridized carbons (Fsp3) is 0.188. The zero-order chi connectivity index (χ0) is 16.2. The maximum atomic E-state index is 12.1. The molecule has 0 aliphatic rings. The first-order valence-corrected chi connectivity index (χ1v) is 7.25. The van der Waals surface area contributed by atoms with E-state index in [0.717, 1.165) is 23.6 Å². The topological polar surface area (TPSA) is 80.5 Å². The minimum Gasteiger partial charge on any atom is -0.497 e. The molecule has 2 aromatic heterocycles. The van der Waals surface area contributed by atoms with Gasteiger partial charge in [0.1, 0.15) is 11.6 Å². The van der Waals surface area contributed by atoms with Gasteiger partial charge in [0.15, 0.2) is 5.65 Å². The van der Waals surface area contributed by atoms with Gasteiger partial charge in [0.05, 0.1) is 12.8 Å². The summed E-state index contributed by atoms with van der Waals surface area (Å²) in [5, 5.41) is 13.7. The van der Waals surface area contributed by atoms with E-state index in [9.17, 15) is 4.79 Å². The number of rotatable bonds is 4. The number of anilines is 2. The number of carbonyl (C=O) groups excluding carboxylic acids is 1. The van der Waals surface area contributed by atoms with Crippen LogP contribution in [0.1, 0.15) is 12.7 Å². The van der Waals surface area contributed by atoms with Crippen molar-refractivity contribution in [2.75, 3.05) is 17.7 Å². The summed E-state index contributed by atoms with van der Waals surface area (Å²) >= 11 is 0. The molecule has 3 rings (SSSR count). The number of urea groups is 1. The number of benzene rings is 1. The van der Waals surface area contributed by atoms with Crippen molar-refractivity contribution in [1.82, 2.24) is 14.6 Å². The van der Waals surface area contributed by atoms with E-state index in [1.807, 2.05) is 23.6 Å². The molecule has 0 unspecified atom stereocenters. The van der Waals surface area contributed by atoms with Crippen molar-refractivity contribution >= 4 is 23.1 Å². The molecule has 2 heterocycles. The van der Waals surface area contributed by atoms with Crippen molar-refractivity contribution in [3.05, 3.63) is 48.4 Å². The third-order valence-electron chi connectivity index (χ3n) is 3.39. The van der Waals surface area contributed by atoms with Crippen LogP contribution in [0.4, 0.5) is 16.2 Å². The van der Waals surface area contributed by atoms with Crippen LogP contribution < -0.4 is 15.4 Å². The lowest BCUT2D eigenvalue weighted by atomic mass is 10.3. The predicted octanol–water partition coefficient (Wildman–Crippen LogP) is 2.94. The molecule has 0 fully saturated rings. The molecule has 0 aliphatic carbocycles.